The Bertz CT molecular complexity index is 444. The lowest BCUT2D eigenvalue weighted by Crippen LogP contribution is -2.37. The second kappa shape index (κ2) is 4.41. The van der Waals surface area contributed by atoms with E-state index in [0.29, 0.717) is 18.5 Å². The fourth-order valence-corrected chi connectivity index (χ4v) is 2.57. The first-order chi connectivity index (χ1) is 8.09. The SMILES string of the molecule is NCCC1(c2cc([N+](=O)[O-])ccc2F)CCC1. The van der Waals surface area contributed by atoms with Gasteiger partial charge >= 0.3 is 0 Å². The number of rotatable bonds is 4. The van der Waals surface area contributed by atoms with E-state index in [4.69, 9.17) is 5.73 Å². The molecular weight excluding hydrogens is 223 g/mol. The molecule has 0 aliphatic heterocycles. The van der Waals surface area contributed by atoms with Crippen molar-refractivity contribution in [2.24, 2.45) is 5.73 Å². The summed E-state index contributed by atoms with van der Waals surface area (Å²) in [7, 11) is 0. The molecule has 5 heteroatoms. The molecule has 0 bridgehead atoms. The van der Waals surface area contributed by atoms with Gasteiger partial charge in [0.25, 0.3) is 5.69 Å². The van der Waals surface area contributed by atoms with Crippen molar-refractivity contribution in [3.63, 3.8) is 0 Å². The molecule has 1 aliphatic rings. The van der Waals surface area contributed by atoms with E-state index < -0.39 is 4.92 Å². The maximum atomic E-state index is 13.8. The predicted octanol–water partition coefficient (Wildman–Crippen LogP) is 2.50. The third-order valence-electron chi connectivity index (χ3n) is 3.67. The van der Waals surface area contributed by atoms with Crippen molar-refractivity contribution in [1.82, 2.24) is 0 Å². The number of non-ortho nitro benzene ring substituents is 1. The number of nitrogens with two attached hydrogens (primary N) is 1. The van der Waals surface area contributed by atoms with Crippen LogP contribution in [0.4, 0.5) is 10.1 Å². The zero-order valence-electron chi connectivity index (χ0n) is 9.49. The summed E-state index contributed by atoms with van der Waals surface area (Å²) >= 11 is 0. The highest BCUT2D eigenvalue weighted by Crippen LogP contribution is 2.47. The number of hydrogen-bond acceptors (Lipinski definition) is 3. The van der Waals surface area contributed by atoms with Crippen LogP contribution in [0.5, 0.6) is 0 Å². The number of benzene rings is 1. The zero-order chi connectivity index (χ0) is 12.5. The largest absolute Gasteiger partial charge is 0.330 e. The molecule has 0 atom stereocenters. The Hall–Kier alpha value is -1.49. The summed E-state index contributed by atoms with van der Waals surface area (Å²) in [6.45, 7) is 0.474. The van der Waals surface area contributed by atoms with E-state index in [-0.39, 0.29) is 16.9 Å². The molecule has 0 saturated heterocycles. The normalized spacial score (nSPS) is 17.5. The Kier molecular flexibility index (Phi) is 3.11. The number of nitro groups is 1. The van der Waals surface area contributed by atoms with Gasteiger partial charge in [0.15, 0.2) is 0 Å². The maximum absolute atomic E-state index is 13.8. The van der Waals surface area contributed by atoms with E-state index >= 15 is 0 Å². The fraction of sp³-hybridized carbons (Fsp3) is 0.500. The molecular formula is C12H15FN2O2. The van der Waals surface area contributed by atoms with Gasteiger partial charge in [0.1, 0.15) is 5.82 Å². The summed E-state index contributed by atoms with van der Waals surface area (Å²) in [4.78, 5) is 10.2. The van der Waals surface area contributed by atoms with Crippen LogP contribution in [0.2, 0.25) is 0 Å². The highest BCUT2D eigenvalue weighted by molar-refractivity contribution is 5.40. The van der Waals surface area contributed by atoms with Crippen molar-refractivity contribution >= 4 is 5.69 Å². The van der Waals surface area contributed by atoms with Gasteiger partial charge in [-0.2, -0.15) is 0 Å². The Morgan fingerprint density at radius 2 is 2.18 bits per heavy atom. The minimum Gasteiger partial charge on any atom is -0.330 e. The molecule has 92 valence electrons. The average molecular weight is 238 g/mol. The van der Waals surface area contributed by atoms with Crippen LogP contribution in [0.1, 0.15) is 31.2 Å². The van der Waals surface area contributed by atoms with Gasteiger partial charge < -0.3 is 5.73 Å². The van der Waals surface area contributed by atoms with Crippen LogP contribution >= 0.6 is 0 Å². The van der Waals surface area contributed by atoms with Crippen molar-refractivity contribution in [1.29, 1.82) is 0 Å². The second-order valence-electron chi connectivity index (χ2n) is 4.59. The van der Waals surface area contributed by atoms with Gasteiger partial charge in [-0.1, -0.05) is 6.42 Å². The lowest BCUT2D eigenvalue weighted by molar-refractivity contribution is -0.385. The van der Waals surface area contributed by atoms with Crippen LogP contribution in [0.15, 0.2) is 18.2 Å². The third-order valence-corrected chi connectivity index (χ3v) is 3.67. The first-order valence-electron chi connectivity index (χ1n) is 5.73. The third kappa shape index (κ3) is 2.02. The maximum Gasteiger partial charge on any atom is 0.269 e. The molecule has 2 N–H and O–H groups in total. The summed E-state index contributed by atoms with van der Waals surface area (Å²) in [5, 5.41) is 10.7. The molecule has 1 aromatic carbocycles. The Balaban J connectivity index is 2.42. The molecule has 0 amide bonds. The molecule has 0 unspecified atom stereocenters. The van der Waals surface area contributed by atoms with E-state index in [0.717, 1.165) is 19.3 Å². The summed E-state index contributed by atoms with van der Waals surface area (Å²) in [6.07, 6.45) is 3.44. The van der Waals surface area contributed by atoms with E-state index in [1.807, 2.05) is 0 Å². The van der Waals surface area contributed by atoms with Gasteiger partial charge in [0.2, 0.25) is 0 Å². The van der Waals surface area contributed by atoms with Crippen LogP contribution < -0.4 is 5.73 Å². The van der Waals surface area contributed by atoms with Crippen molar-refractivity contribution in [2.75, 3.05) is 6.54 Å². The van der Waals surface area contributed by atoms with Gasteiger partial charge in [-0.05, 0) is 37.3 Å². The Morgan fingerprint density at radius 3 is 2.65 bits per heavy atom. The van der Waals surface area contributed by atoms with E-state index in [1.54, 1.807) is 0 Å². The Morgan fingerprint density at radius 1 is 1.47 bits per heavy atom. The average Bonchev–Trinajstić information content (AvgIpc) is 2.24. The number of halogens is 1. The molecule has 1 fully saturated rings. The molecule has 1 aliphatic carbocycles. The van der Waals surface area contributed by atoms with Gasteiger partial charge in [0.05, 0.1) is 4.92 Å². The standard InChI is InChI=1S/C12H15FN2O2/c13-11-3-2-9(15(16)17)8-10(11)12(6-7-14)4-1-5-12/h2-3,8H,1,4-7,14H2. The van der Waals surface area contributed by atoms with Crippen LogP contribution in [0.3, 0.4) is 0 Å². The van der Waals surface area contributed by atoms with Crippen molar-refractivity contribution in [3.05, 3.63) is 39.7 Å². The molecule has 4 nitrogen and oxygen atoms in total. The van der Waals surface area contributed by atoms with Crippen LogP contribution in [0.25, 0.3) is 0 Å². The first-order valence-corrected chi connectivity index (χ1v) is 5.73. The van der Waals surface area contributed by atoms with E-state index in [1.165, 1.54) is 18.2 Å². The summed E-state index contributed by atoms with van der Waals surface area (Å²) in [5.74, 6) is -0.358. The lowest BCUT2D eigenvalue weighted by Gasteiger charge is -2.42. The summed E-state index contributed by atoms with van der Waals surface area (Å²) in [5.41, 5.74) is 5.69. The van der Waals surface area contributed by atoms with Gasteiger partial charge in [-0.25, -0.2) is 4.39 Å². The molecule has 0 radical (unpaired) electrons. The second-order valence-corrected chi connectivity index (χ2v) is 4.59. The van der Waals surface area contributed by atoms with E-state index in [2.05, 4.69) is 0 Å². The molecule has 0 aromatic heterocycles. The number of hydrogen-bond donors (Lipinski definition) is 1. The molecule has 1 aromatic rings. The molecule has 1 saturated carbocycles. The lowest BCUT2D eigenvalue weighted by atomic mass is 9.62. The topological polar surface area (TPSA) is 69.2 Å². The monoisotopic (exact) mass is 238 g/mol. The first kappa shape index (κ1) is 12.0. The minimum absolute atomic E-state index is 0.0512. The zero-order valence-corrected chi connectivity index (χ0v) is 9.49. The quantitative estimate of drug-likeness (QED) is 0.647. The molecule has 17 heavy (non-hydrogen) atoms. The smallest absolute Gasteiger partial charge is 0.269 e. The van der Waals surface area contributed by atoms with Crippen molar-refractivity contribution in [3.8, 4) is 0 Å². The highest BCUT2D eigenvalue weighted by atomic mass is 19.1. The van der Waals surface area contributed by atoms with Gasteiger partial charge in [-0.15, -0.1) is 0 Å². The fourth-order valence-electron chi connectivity index (χ4n) is 2.57. The molecule has 0 spiro atoms. The van der Waals surface area contributed by atoms with Gasteiger partial charge in [-0.3, -0.25) is 10.1 Å². The van der Waals surface area contributed by atoms with Gasteiger partial charge in [0, 0.05) is 17.7 Å². The summed E-state index contributed by atoms with van der Waals surface area (Å²) < 4.78 is 13.8. The van der Waals surface area contributed by atoms with Crippen molar-refractivity contribution in [2.45, 2.75) is 31.1 Å². The highest BCUT2D eigenvalue weighted by Gasteiger charge is 2.40. The summed E-state index contributed by atoms with van der Waals surface area (Å²) in [6, 6.07) is 3.75. The van der Waals surface area contributed by atoms with E-state index in [9.17, 15) is 14.5 Å². The van der Waals surface area contributed by atoms with Crippen LogP contribution in [-0.4, -0.2) is 11.5 Å². The molecule has 2 rings (SSSR count). The number of nitrogens with zero attached hydrogens (tertiary/aromatic N) is 1. The Labute approximate surface area is 98.8 Å². The minimum atomic E-state index is -0.488. The number of nitro benzene ring substituents is 1. The van der Waals surface area contributed by atoms with Crippen LogP contribution in [-0.2, 0) is 5.41 Å². The molecule has 0 heterocycles. The van der Waals surface area contributed by atoms with Crippen molar-refractivity contribution < 1.29 is 9.31 Å². The van der Waals surface area contributed by atoms with Crippen LogP contribution in [0, 0.1) is 15.9 Å². The predicted molar refractivity (Wildman–Crippen MR) is 62.3 cm³/mol.